The summed E-state index contributed by atoms with van der Waals surface area (Å²) < 4.78 is 25.2. The van der Waals surface area contributed by atoms with Gasteiger partial charge in [0.15, 0.2) is 0 Å². The summed E-state index contributed by atoms with van der Waals surface area (Å²) in [4.78, 5) is 0. The van der Waals surface area contributed by atoms with E-state index in [2.05, 4.69) is 11.8 Å². The van der Waals surface area contributed by atoms with E-state index in [0.717, 1.165) is 25.7 Å². The highest BCUT2D eigenvalue weighted by Crippen LogP contribution is 2.24. The van der Waals surface area contributed by atoms with Crippen molar-refractivity contribution in [2.45, 2.75) is 44.5 Å². The van der Waals surface area contributed by atoms with Gasteiger partial charge in [-0.3, -0.25) is 0 Å². The van der Waals surface area contributed by atoms with Crippen LogP contribution in [0.2, 0.25) is 0 Å². The molecule has 1 aliphatic rings. The number of rotatable bonds is 4. The molecule has 2 atom stereocenters. The van der Waals surface area contributed by atoms with Gasteiger partial charge in [-0.15, -0.1) is 0 Å². The molecule has 0 bridgehead atoms. The van der Waals surface area contributed by atoms with E-state index in [-0.39, 0.29) is 31.2 Å². The van der Waals surface area contributed by atoms with Crippen LogP contribution >= 0.6 is 0 Å². The lowest BCUT2D eigenvalue weighted by molar-refractivity contribution is -0.0369. The van der Waals surface area contributed by atoms with E-state index in [1.54, 1.807) is 19.2 Å². The molecule has 1 aromatic rings. The van der Waals surface area contributed by atoms with Gasteiger partial charge in [-0.25, -0.2) is 4.39 Å². The topological polar surface area (TPSA) is 44.5 Å². The molecule has 2 N–H and O–H groups in total. The van der Waals surface area contributed by atoms with Gasteiger partial charge in [-0.2, -0.15) is 0 Å². The number of halogens is 1. The second-order valence-electron chi connectivity index (χ2n) is 5.27. The van der Waals surface area contributed by atoms with Gasteiger partial charge in [0.1, 0.15) is 5.82 Å². The summed E-state index contributed by atoms with van der Waals surface area (Å²) in [5, 5.41) is 0. The number of hydrogen-bond acceptors (Lipinski definition) is 3. The third-order valence-electron chi connectivity index (χ3n) is 3.77. The molecule has 1 aliphatic carbocycles. The van der Waals surface area contributed by atoms with Crippen molar-refractivity contribution in [2.75, 3.05) is 13.7 Å². The molecule has 0 radical (unpaired) electrons. The van der Waals surface area contributed by atoms with E-state index in [9.17, 15) is 4.39 Å². The highest BCUT2D eigenvalue weighted by molar-refractivity contribution is 5.37. The van der Waals surface area contributed by atoms with Crippen molar-refractivity contribution in [2.24, 2.45) is 5.73 Å². The third-order valence-corrected chi connectivity index (χ3v) is 3.77. The number of ether oxygens (including phenoxy) is 2. The van der Waals surface area contributed by atoms with E-state index in [4.69, 9.17) is 15.2 Å². The van der Waals surface area contributed by atoms with Crippen LogP contribution in [0.4, 0.5) is 4.39 Å². The van der Waals surface area contributed by atoms with Gasteiger partial charge in [-0.05, 0) is 37.8 Å². The summed E-state index contributed by atoms with van der Waals surface area (Å²) in [6, 6.07) is 4.95. The van der Waals surface area contributed by atoms with E-state index in [1.807, 2.05) is 0 Å². The fourth-order valence-corrected chi connectivity index (χ4v) is 2.57. The van der Waals surface area contributed by atoms with Crippen molar-refractivity contribution in [3.05, 3.63) is 35.1 Å². The summed E-state index contributed by atoms with van der Waals surface area (Å²) in [5.41, 5.74) is 6.50. The molecule has 0 spiro atoms. The Morgan fingerprint density at radius 2 is 2.14 bits per heavy atom. The molecule has 1 fully saturated rings. The Hall–Kier alpha value is -1.41. The lowest BCUT2D eigenvalue weighted by Crippen LogP contribution is -2.27. The maximum atomic E-state index is 14.0. The van der Waals surface area contributed by atoms with E-state index < -0.39 is 0 Å². The van der Waals surface area contributed by atoms with Crippen LogP contribution in [0.15, 0.2) is 18.2 Å². The first kappa shape index (κ1) is 16.0. The van der Waals surface area contributed by atoms with Crippen LogP contribution < -0.4 is 5.73 Å². The normalized spacial score (nSPS) is 21.7. The van der Waals surface area contributed by atoms with Crippen LogP contribution in [0.5, 0.6) is 0 Å². The van der Waals surface area contributed by atoms with Crippen molar-refractivity contribution in [3.8, 4) is 11.8 Å². The van der Waals surface area contributed by atoms with Gasteiger partial charge in [0, 0.05) is 18.2 Å². The molecule has 1 saturated carbocycles. The maximum absolute atomic E-state index is 14.0. The number of nitrogens with two attached hydrogens (primary N) is 1. The van der Waals surface area contributed by atoms with Gasteiger partial charge >= 0.3 is 0 Å². The van der Waals surface area contributed by atoms with Gasteiger partial charge < -0.3 is 15.2 Å². The minimum Gasteiger partial charge on any atom is -0.381 e. The first-order valence-corrected chi connectivity index (χ1v) is 7.34. The fraction of sp³-hybridized carbons (Fsp3) is 0.529. The second-order valence-corrected chi connectivity index (χ2v) is 5.27. The summed E-state index contributed by atoms with van der Waals surface area (Å²) in [6.07, 6.45) is 4.50. The maximum Gasteiger partial charge on any atom is 0.129 e. The van der Waals surface area contributed by atoms with Crippen molar-refractivity contribution in [1.29, 1.82) is 0 Å². The average molecular weight is 291 g/mol. The van der Waals surface area contributed by atoms with Crippen molar-refractivity contribution in [1.82, 2.24) is 0 Å². The van der Waals surface area contributed by atoms with E-state index in [0.29, 0.717) is 11.1 Å². The Kier molecular flexibility index (Phi) is 6.19. The molecule has 2 rings (SSSR count). The standard InChI is InChI=1S/C17H22FNO2/c1-20-15-5-2-6-16(11-15)21-12-14-8-7-13(4-3-9-19)10-17(14)18/h7-8,10,15-16H,2,5-6,9,11-12,19H2,1H3. The summed E-state index contributed by atoms with van der Waals surface area (Å²) in [7, 11) is 1.73. The van der Waals surface area contributed by atoms with E-state index >= 15 is 0 Å². The average Bonchev–Trinajstić information content (AvgIpc) is 2.52. The SMILES string of the molecule is COC1CCCC(OCc2ccc(C#CCN)cc2F)C1. The largest absolute Gasteiger partial charge is 0.381 e. The number of hydrogen-bond donors (Lipinski definition) is 1. The van der Waals surface area contributed by atoms with E-state index in [1.165, 1.54) is 6.07 Å². The van der Waals surface area contributed by atoms with Crippen molar-refractivity contribution >= 4 is 0 Å². The molecule has 21 heavy (non-hydrogen) atoms. The lowest BCUT2D eigenvalue weighted by Gasteiger charge is -2.28. The molecule has 0 aliphatic heterocycles. The first-order chi connectivity index (χ1) is 10.2. The number of methoxy groups -OCH3 is 1. The lowest BCUT2D eigenvalue weighted by atomic mass is 9.95. The first-order valence-electron chi connectivity index (χ1n) is 7.34. The van der Waals surface area contributed by atoms with Crippen LogP contribution in [-0.2, 0) is 16.1 Å². The fourth-order valence-electron chi connectivity index (χ4n) is 2.57. The van der Waals surface area contributed by atoms with Crippen LogP contribution in [-0.4, -0.2) is 25.9 Å². The molecular weight excluding hydrogens is 269 g/mol. The number of benzene rings is 1. The Balaban J connectivity index is 1.91. The molecule has 3 nitrogen and oxygen atoms in total. The van der Waals surface area contributed by atoms with Crippen molar-refractivity contribution < 1.29 is 13.9 Å². The molecule has 0 aromatic heterocycles. The molecule has 0 saturated heterocycles. The van der Waals surface area contributed by atoms with Crippen LogP contribution in [0.3, 0.4) is 0 Å². The molecule has 1 aromatic carbocycles. The molecule has 2 unspecified atom stereocenters. The monoisotopic (exact) mass is 291 g/mol. The third kappa shape index (κ3) is 4.82. The quantitative estimate of drug-likeness (QED) is 0.867. The van der Waals surface area contributed by atoms with Crippen LogP contribution in [0.1, 0.15) is 36.8 Å². The predicted octanol–water partition coefficient (Wildman–Crippen LogP) is 2.61. The molecule has 0 heterocycles. The van der Waals surface area contributed by atoms with Crippen LogP contribution in [0.25, 0.3) is 0 Å². The minimum absolute atomic E-state index is 0.153. The molecular formula is C17H22FNO2. The summed E-state index contributed by atoms with van der Waals surface area (Å²) >= 11 is 0. The van der Waals surface area contributed by atoms with Gasteiger partial charge in [0.05, 0.1) is 25.4 Å². The predicted molar refractivity (Wildman–Crippen MR) is 80.2 cm³/mol. The van der Waals surface area contributed by atoms with Crippen LogP contribution in [0, 0.1) is 17.7 Å². The van der Waals surface area contributed by atoms with Gasteiger partial charge in [0.25, 0.3) is 0 Å². The Bertz CT molecular complexity index is 521. The zero-order valence-electron chi connectivity index (χ0n) is 12.4. The van der Waals surface area contributed by atoms with Crippen molar-refractivity contribution in [3.63, 3.8) is 0 Å². The highest BCUT2D eigenvalue weighted by atomic mass is 19.1. The smallest absolute Gasteiger partial charge is 0.129 e. The Morgan fingerprint density at radius 3 is 2.86 bits per heavy atom. The summed E-state index contributed by atoms with van der Waals surface area (Å²) in [5.74, 6) is 5.25. The minimum atomic E-state index is -0.280. The second kappa shape index (κ2) is 8.14. The zero-order chi connectivity index (χ0) is 15.1. The molecule has 0 amide bonds. The van der Waals surface area contributed by atoms with Gasteiger partial charge in [0.2, 0.25) is 0 Å². The Morgan fingerprint density at radius 1 is 1.33 bits per heavy atom. The highest BCUT2D eigenvalue weighted by Gasteiger charge is 2.22. The molecule has 4 heteroatoms. The Labute approximate surface area is 125 Å². The summed E-state index contributed by atoms with van der Waals surface area (Å²) in [6.45, 7) is 0.562. The molecule has 114 valence electrons. The van der Waals surface area contributed by atoms with Gasteiger partial charge in [-0.1, -0.05) is 17.9 Å². The zero-order valence-corrected chi connectivity index (χ0v) is 12.4.